The summed E-state index contributed by atoms with van der Waals surface area (Å²) in [5.41, 5.74) is 1.98. The minimum atomic E-state index is -0.256. The van der Waals surface area contributed by atoms with Gasteiger partial charge in [-0.25, -0.2) is 0 Å². The maximum absolute atomic E-state index is 11.5. The van der Waals surface area contributed by atoms with Crippen LogP contribution in [0.15, 0.2) is 28.9 Å². The zero-order chi connectivity index (χ0) is 11.7. The van der Waals surface area contributed by atoms with Crippen molar-refractivity contribution in [2.45, 2.75) is 12.8 Å². The van der Waals surface area contributed by atoms with Crippen molar-refractivity contribution in [2.75, 3.05) is 7.11 Å². The fourth-order valence-corrected chi connectivity index (χ4v) is 2.14. The first-order valence-corrected chi connectivity index (χ1v) is 5.77. The smallest absolute Gasteiger partial charge is 0.312 e. The summed E-state index contributed by atoms with van der Waals surface area (Å²) >= 11 is 3.42. The van der Waals surface area contributed by atoms with Crippen molar-refractivity contribution in [3.05, 3.63) is 34.4 Å². The molecule has 3 nitrogen and oxygen atoms in total. The van der Waals surface area contributed by atoms with Gasteiger partial charge in [0, 0.05) is 21.6 Å². The van der Waals surface area contributed by atoms with Crippen LogP contribution in [0.1, 0.15) is 18.4 Å². The first kappa shape index (κ1) is 11.2. The molecule has 1 aromatic carbocycles. The SMILES string of the molecule is COC(=O)C(C)c1c[nH]c2ccc(Br)cc12. The molecular weight excluding hydrogens is 270 g/mol. The maximum atomic E-state index is 11.5. The van der Waals surface area contributed by atoms with Crippen molar-refractivity contribution >= 4 is 32.8 Å². The van der Waals surface area contributed by atoms with Gasteiger partial charge >= 0.3 is 5.97 Å². The van der Waals surface area contributed by atoms with Gasteiger partial charge in [-0.05, 0) is 30.7 Å². The number of carbonyl (C=O) groups is 1. The predicted molar refractivity (Wildman–Crippen MR) is 66.4 cm³/mol. The van der Waals surface area contributed by atoms with E-state index in [0.717, 1.165) is 20.9 Å². The van der Waals surface area contributed by atoms with Crippen LogP contribution in [-0.4, -0.2) is 18.1 Å². The number of rotatable bonds is 2. The number of methoxy groups -OCH3 is 1. The molecule has 0 fully saturated rings. The molecule has 0 amide bonds. The molecule has 1 unspecified atom stereocenters. The lowest BCUT2D eigenvalue weighted by atomic mass is 10.0. The quantitative estimate of drug-likeness (QED) is 0.859. The summed E-state index contributed by atoms with van der Waals surface area (Å²) in [6.07, 6.45) is 1.86. The first-order chi connectivity index (χ1) is 7.63. The zero-order valence-electron chi connectivity index (χ0n) is 9.08. The highest BCUT2D eigenvalue weighted by atomic mass is 79.9. The molecule has 84 valence electrons. The number of aromatic nitrogens is 1. The lowest BCUT2D eigenvalue weighted by Gasteiger charge is -2.07. The number of nitrogens with one attached hydrogen (secondary N) is 1. The number of hydrogen-bond donors (Lipinski definition) is 1. The topological polar surface area (TPSA) is 42.1 Å². The second-order valence-corrected chi connectivity index (χ2v) is 4.59. The van der Waals surface area contributed by atoms with Crippen LogP contribution in [0.2, 0.25) is 0 Å². The first-order valence-electron chi connectivity index (χ1n) is 4.98. The number of halogens is 1. The van der Waals surface area contributed by atoms with Crippen LogP contribution in [-0.2, 0) is 9.53 Å². The van der Waals surface area contributed by atoms with Crippen molar-refractivity contribution < 1.29 is 9.53 Å². The Labute approximate surface area is 102 Å². The van der Waals surface area contributed by atoms with Gasteiger partial charge in [0.15, 0.2) is 0 Å². The standard InChI is InChI=1S/C12H12BrNO2/c1-7(12(15)16-2)10-6-14-11-4-3-8(13)5-9(10)11/h3-7,14H,1-2H3. The number of carbonyl (C=O) groups excluding carboxylic acids is 1. The molecule has 0 aliphatic carbocycles. The van der Waals surface area contributed by atoms with Crippen LogP contribution in [0.3, 0.4) is 0 Å². The Bertz CT molecular complexity index is 533. The summed E-state index contributed by atoms with van der Waals surface area (Å²) in [4.78, 5) is 14.6. The predicted octanol–water partition coefficient (Wildman–Crippen LogP) is 3.21. The highest BCUT2D eigenvalue weighted by molar-refractivity contribution is 9.10. The van der Waals surface area contributed by atoms with E-state index in [0.29, 0.717) is 0 Å². The Morgan fingerprint density at radius 3 is 2.94 bits per heavy atom. The maximum Gasteiger partial charge on any atom is 0.312 e. The lowest BCUT2D eigenvalue weighted by Crippen LogP contribution is -2.10. The molecule has 2 rings (SSSR count). The Balaban J connectivity index is 2.52. The monoisotopic (exact) mass is 281 g/mol. The van der Waals surface area contributed by atoms with Gasteiger partial charge in [-0.1, -0.05) is 15.9 Å². The number of hydrogen-bond acceptors (Lipinski definition) is 2. The molecule has 4 heteroatoms. The molecule has 2 aromatic rings. The fourth-order valence-electron chi connectivity index (χ4n) is 1.78. The van der Waals surface area contributed by atoms with Gasteiger partial charge in [-0.3, -0.25) is 4.79 Å². The van der Waals surface area contributed by atoms with Crippen LogP contribution in [0.5, 0.6) is 0 Å². The number of fused-ring (bicyclic) bond motifs is 1. The van der Waals surface area contributed by atoms with E-state index in [9.17, 15) is 4.79 Å². The zero-order valence-corrected chi connectivity index (χ0v) is 10.7. The minimum absolute atomic E-state index is 0.221. The molecule has 0 saturated heterocycles. The fraction of sp³-hybridized carbons (Fsp3) is 0.250. The molecule has 0 radical (unpaired) electrons. The van der Waals surface area contributed by atoms with Gasteiger partial charge in [-0.2, -0.15) is 0 Å². The molecule has 0 aliphatic heterocycles. The third-order valence-corrected chi connectivity index (χ3v) is 3.19. The van der Waals surface area contributed by atoms with Gasteiger partial charge < -0.3 is 9.72 Å². The molecule has 1 N–H and O–H groups in total. The van der Waals surface area contributed by atoms with Gasteiger partial charge in [0.1, 0.15) is 0 Å². The average Bonchev–Trinajstić information content (AvgIpc) is 2.69. The van der Waals surface area contributed by atoms with Crippen molar-refractivity contribution in [3.8, 4) is 0 Å². The molecule has 1 atom stereocenters. The Morgan fingerprint density at radius 1 is 1.50 bits per heavy atom. The normalized spacial score (nSPS) is 12.7. The summed E-state index contributed by atoms with van der Waals surface area (Å²) < 4.78 is 5.75. The van der Waals surface area contributed by atoms with Crippen LogP contribution in [0.4, 0.5) is 0 Å². The van der Waals surface area contributed by atoms with Crippen LogP contribution < -0.4 is 0 Å². The molecule has 0 aliphatic rings. The molecule has 1 heterocycles. The van der Waals surface area contributed by atoms with Crippen molar-refractivity contribution in [2.24, 2.45) is 0 Å². The van der Waals surface area contributed by atoms with Gasteiger partial charge in [0.25, 0.3) is 0 Å². The number of ether oxygens (including phenoxy) is 1. The van der Waals surface area contributed by atoms with Gasteiger partial charge in [0.2, 0.25) is 0 Å². The highest BCUT2D eigenvalue weighted by Crippen LogP contribution is 2.28. The Morgan fingerprint density at radius 2 is 2.25 bits per heavy atom. The van der Waals surface area contributed by atoms with E-state index in [1.807, 2.05) is 31.3 Å². The van der Waals surface area contributed by atoms with E-state index >= 15 is 0 Å². The summed E-state index contributed by atoms with van der Waals surface area (Å²) in [6, 6.07) is 5.94. The molecule has 0 bridgehead atoms. The highest BCUT2D eigenvalue weighted by Gasteiger charge is 2.19. The summed E-state index contributed by atoms with van der Waals surface area (Å²) in [5.74, 6) is -0.478. The number of aromatic amines is 1. The van der Waals surface area contributed by atoms with Crippen LogP contribution >= 0.6 is 15.9 Å². The molecule has 0 spiro atoms. The number of H-pyrrole nitrogens is 1. The van der Waals surface area contributed by atoms with Gasteiger partial charge in [-0.15, -0.1) is 0 Å². The Kier molecular flexibility index (Phi) is 3.01. The largest absolute Gasteiger partial charge is 0.469 e. The third-order valence-electron chi connectivity index (χ3n) is 2.70. The molecular formula is C12H12BrNO2. The van der Waals surface area contributed by atoms with E-state index < -0.39 is 0 Å². The van der Waals surface area contributed by atoms with Crippen LogP contribution in [0, 0.1) is 0 Å². The third kappa shape index (κ3) is 1.85. The number of benzene rings is 1. The van der Waals surface area contributed by atoms with Gasteiger partial charge in [0.05, 0.1) is 13.0 Å². The molecule has 1 aromatic heterocycles. The molecule has 0 saturated carbocycles. The summed E-state index contributed by atoms with van der Waals surface area (Å²) in [7, 11) is 1.41. The second-order valence-electron chi connectivity index (χ2n) is 3.68. The van der Waals surface area contributed by atoms with Crippen LogP contribution in [0.25, 0.3) is 10.9 Å². The minimum Gasteiger partial charge on any atom is -0.469 e. The van der Waals surface area contributed by atoms with E-state index in [1.54, 1.807) is 0 Å². The van der Waals surface area contributed by atoms with Crippen molar-refractivity contribution in [1.29, 1.82) is 0 Å². The second kappa shape index (κ2) is 4.29. The summed E-state index contributed by atoms with van der Waals surface area (Å²) in [6.45, 7) is 1.84. The lowest BCUT2D eigenvalue weighted by molar-refractivity contribution is -0.141. The summed E-state index contributed by atoms with van der Waals surface area (Å²) in [5, 5.41) is 1.05. The van der Waals surface area contributed by atoms with E-state index in [-0.39, 0.29) is 11.9 Å². The molecule has 16 heavy (non-hydrogen) atoms. The van der Waals surface area contributed by atoms with Crippen molar-refractivity contribution in [3.63, 3.8) is 0 Å². The number of esters is 1. The van der Waals surface area contributed by atoms with E-state index in [2.05, 4.69) is 20.9 Å². The van der Waals surface area contributed by atoms with E-state index in [1.165, 1.54) is 7.11 Å². The van der Waals surface area contributed by atoms with E-state index in [4.69, 9.17) is 4.74 Å². The Hall–Kier alpha value is -1.29. The average molecular weight is 282 g/mol. The van der Waals surface area contributed by atoms with Crippen molar-refractivity contribution in [1.82, 2.24) is 4.98 Å².